The van der Waals surface area contributed by atoms with Gasteiger partial charge in [-0.25, -0.2) is 4.39 Å². The number of morpholine rings is 1. The van der Waals surface area contributed by atoms with Crippen molar-refractivity contribution in [3.8, 4) is 11.5 Å². The molecule has 6 aromatic carbocycles. The molecule has 6 aromatic rings. The van der Waals surface area contributed by atoms with Crippen LogP contribution in [0.1, 0.15) is 16.7 Å². The van der Waals surface area contributed by atoms with Crippen molar-refractivity contribution in [1.82, 2.24) is 0 Å². The summed E-state index contributed by atoms with van der Waals surface area (Å²) in [6.07, 6.45) is 4.26. The van der Waals surface area contributed by atoms with Crippen molar-refractivity contribution < 1.29 is 18.6 Å². The lowest BCUT2D eigenvalue weighted by Gasteiger charge is -2.37. The SMILES string of the molecule is COc1cc2c3ccccc3c3ccccc3c2c2c1OC(c1ccc(F)cc1)(c1ccc(N3CCOCC3)cc1)C=C2. The molecule has 212 valence electrons. The Balaban J connectivity index is 1.37. The second-order valence-electron chi connectivity index (χ2n) is 11.2. The molecule has 43 heavy (non-hydrogen) atoms. The first-order valence-corrected chi connectivity index (χ1v) is 14.7. The number of ether oxygens (including phenoxy) is 3. The second kappa shape index (κ2) is 10.1. The molecule has 8 rings (SSSR count). The Hall–Kier alpha value is -4.87. The van der Waals surface area contributed by atoms with E-state index in [4.69, 9.17) is 14.2 Å². The molecule has 0 saturated carbocycles. The molecule has 2 aliphatic rings. The third kappa shape index (κ3) is 4.07. The van der Waals surface area contributed by atoms with Gasteiger partial charge >= 0.3 is 0 Å². The minimum Gasteiger partial charge on any atom is -0.493 e. The molecular weight excluding hydrogens is 537 g/mol. The van der Waals surface area contributed by atoms with E-state index < -0.39 is 5.60 Å². The van der Waals surface area contributed by atoms with Crippen LogP contribution in [0.25, 0.3) is 38.4 Å². The third-order valence-corrected chi connectivity index (χ3v) is 8.90. The van der Waals surface area contributed by atoms with Gasteiger partial charge in [-0.3, -0.25) is 0 Å². The summed E-state index contributed by atoms with van der Waals surface area (Å²) in [5, 5.41) is 6.96. The molecule has 0 aromatic heterocycles. The molecule has 0 aliphatic carbocycles. The molecule has 4 nitrogen and oxygen atoms in total. The van der Waals surface area contributed by atoms with Gasteiger partial charge in [0.05, 0.1) is 20.3 Å². The monoisotopic (exact) mass is 567 g/mol. The van der Waals surface area contributed by atoms with E-state index in [9.17, 15) is 4.39 Å². The lowest BCUT2D eigenvalue weighted by Crippen LogP contribution is -2.37. The van der Waals surface area contributed by atoms with E-state index in [1.165, 1.54) is 28.3 Å². The van der Waals surface area contributed by atoms with Crippen LogP contribution < -0.4 is 14.4 Å². The van der Waals surface area contributed by atoms with Crippen molar-refractivity contribution in [2.75, 3.05) is 38.3 Å². The normalized spacial score (nSPS) is 18.1. The molecule has 2 heterocycles. The predicted octanol–water partition coefficient (Wildman–Crippen LogP) is 8.48. The summed E-state index contributed by atoms with van der Waals surface area (Å²) in [5.74, 6) is 1.03. The molecule has 1 fully saturated rings. The van der Waals surface area contributed by atoms with E-state index in [-0.39, 0.29) is 5.82 Å². The maximum absolute atomic E-state index is 14.2. The highest BCUT2D eigenvalue weighted by Crippen LogP contribution is 2.51. The van der Waals surface area contributed by atoms with Gasteiger partial charge in [-0.2, -0.15) is 0 Å². The van der Waals surface area contributed by atoms with Crippen molar-refractivity contribution in [3.05, 3.63) is 132 Å². The van der Waals surface area contributed by atoms with Crippen LogP contribution in [0, 0.1) is 5.82 Å². The first-order chi connectivity index (χ1) is 21.2. The van der Waals surface area contributed by atoms with Crippen molar-refractivity contribution >= 4 is 44.1 Å². The quantitative estimate of drug-likeness (QED) is 0.200. The van der Waals surface area contributed by atoms with Crippen LogP contribution in [0.15, 0.2) is 109 Å². The molecule has 2 aliphatic heterocycles. The number of nitrogens with zero attached hydrogens (tertiary/aromatic N) is 1. The zero-order chi connectivity index (χ0) is 29.0. The Bertz CT molecular complexity index is 2030. The Morgan fingerprint density at radius 2 is 1.30 bits per heavy atom. The number of rotatable bonds is 4. The van der Waals surface area contributed by atoms with Crippen LogP contribution in [0.4, 0.5) is 10.1 Å². The lowest BCUT2D eigenvalue weighted by atomic mass is 9.82. The molecule has 1 saturated heterocycles. The van der Waals surface area contributed by atoms with Crippen LogP contribution in [-0.2, 0) is 10.3 Å². The average molecular weight is 568 g/mol. The van der Waals surface area contributed by atoms with Gasteiger partial charge in [-0.1, -0.05) is 72.8 Å². The standard InChI is InChI=1S/C38H30FNO3/c1-41-35-24-34-31-8-3-2-6-29(31)30-7-4-5-9-32(30)36(34)33-18-19-38(43-37(33)35,25-10-14-27(39)15-11-25)26-12-16-28(17-13-26)40-20-22-42-23-21-40/h2-19,24H,20-23H2,1H3. The predicted molar refractivity (Wildman–Crippen MR) is 172 cm³/mol. The number of methoxy groups -OCH3 is 1. The van der Waals surface area contributed by atoms with Gasteiger partial charge in [-0.05, 0) is 69.4 Å². The Morgan fingerprint density at radius 3 is 1.95 bits per heavy atom. The maximum Gasteiger partial charge on any atom is 0.178 e. The molecule has 0 radical (unpaired) electrons. The van der Waals surface area contributed by atoms with Gasteiger partial charge < -0.3 is 19.1 Å². The smallest absolute Gasteiger partial charge is 0.178 e. The highest BCUT2D eigenvalue weighted by Gasteiger charge is 2.39. The fourth-order valence-corrected chi connectivity index (χ4v) is 6.78. The molecular formula is C38H30FNO3. The van der Waals surface area contributed by atoms with E-state index >= 15 is 0 Å². The average Bonchev–Trinajstić information content (AvgIpc) is 3.08. The third-order valence-electron chi connectivity index (χ3n) is 8.90. The van der Waals surface area contributed by atoms with Crippen molar-refractivity contribution in [2.45, 2.75) is 5.60 Å². The number of halogens is 1. The van der Waals surface area contributed by atoms with Crippen LogP contribution in [0.5, 0.6) is 11.5 Å². The fraction of sp³-hybridized carbons (Fsp3) is 0.158. The van der Waals surface area contributed by atoms with Gasteiger partial charge in [-0.15, -0.1) is 0 Å². The summed E-state index contributed by atoms with van der Waals surface area (Å²) in [4.78, 5) is 2.33. The fourth-order valence-electron chi connectivity index (χ4n) is 6.78. The number of hydrogen-bond donors (Lipinski definition) is 0. The highest BCUT2D eigenvalue weighted by molar-refractivity contribution is 6.27. The van der Waals surface area contributed by atoms with Crippen LogP contribution in [-0.4, -0.2) is 33.4 Å². The minimum atomic E-state index is -0.988. The van der Waals surface area contributed by atoms with Crippen LogP contribution >= 0.6 is 0 Å². The number of anilines is 1. The van der Waals surface area contributed by atoms with E-state index in [2.05, 4.69) is 95.9 Å². The molecule has 1 unspecified atom stereocenters. The Labute approximate surface area is 249 Å². The number of fused-ring (bicyclic) bond motifs is 8. The van der Waals surface area contributed by atoms with E-state index in [0.29, 0.717) is 11.5 Å². The zero-order valence-corrected chi connectivity index (χ0v) is 23.8. The van der Waals surface area contributed by atoms with Crippen LogP contribution in [0.2, 0.25) is 0 Å². The molecule has 0 amide bonds. The Kier molecular flexibility index (Phi) is 6.09. The van der Waals surface area contributed by atoms with E-state index in [1.807, 2.05) is 0 Å². The van der Waals surface area contributed by atoms with Crippen molar-refractivity contribution in [2.24, 2.45) is 0 Å². The van der Waals surface area contributed by atoms with Gasteiger partial charge in [0.1, 0.15) is 5.82 Å². The number of benzene rings is 6. The van der Waals surface area contributed by atoms with E-state index in [0.717, 1.165) is 64.8 Å². The topological polar surface area (TPSA) is 30.9 Å². The molecule has 0 spiro atoms. The molecule has 0 bridgehead atoms. The van der Waals surface area contributed by atoms with Crippen LogP contribution in [0.3, 0.4) is 0 Å². The minimum absolute atomic E-state index is 0.288. The van der Waals surface area contributed by atoms with Crippen molar-refractivity contribution in [1.29, 1.82) is 0 Å². The first kappa shape index (κ1) is 25.8. The van der Waals surface area contributed by atoms with E-state index in [1.54, 1.807) is 19.2 Å². The van der Waals surface area contributed by atoms with Crippen molar-refractivity contribution in [3.63, 3.8) is 0 Å². The summed E-state index contributed by atoms with van der Waals surface area (Å²) >= 11 is 0. The van der Waals surface area contributed by atoms with Gasteiger partial charge in [0.25, 0.3) is 0 Å². The van der Waals surface area contributed by atoms with Gasteiger partial charge in [0.2, 0.25) is 0 Å². The maximum atomic E-state index is 14.2. The summed E-state index contributed by atoms with van der Waals surface area (Å²) < 4.78 is 32.9. The molecule has 1 atom stereocenters. The zero-order valence-electron chi connectivity index (χ0n) is 23.8. The molecule has 0 N–H and O–H groups in total. The second-order valence-corrected chi connectivity index (χ2v) is 11.2. The van der Waals surface area contributed by atoms with Gasteiger partial charge in [0.15, 0.2) is 17.1 Å². The summed E-state index contributed by atoms with van der Waals surface area (Å²) in [6.45, 7) is 3.17. The summed E-state index contributed by atoms with van der Waals surface area (Å²) in [7, 11) is 1.68. The Morgan fingerprint density at radius 1 is 0.721 bits per heavy atom. The summed E-state index contributed by atoms with van der Waals surface area (Å²) in [6, 6.07) is 34.2. The first-order valence-electron chi connectivity index (χ1n) is 14.7. The summed E-state index contributed by atoms with van der Waals surface area (Å²) in [5.41, 5.74) is 2.91. The molecule has 5 heteroatoms. The largest absolute Gasteiger partial charge is 0.493 e. The highest BCUT2D eigenvalue weighted by atomic mass is 19.1. The van der Waals surface area contributed by atoms with Gasteiger partial charge in [0, 0.05) is 40.9 Å². The number of hydrogen-bond acceptors (Lipinski definition) is 4. The lowest BCUT2D eigenvalue weighted by molar-refractivity contribution is 0.122.